The third-order valence-electron chi connectivity index (χ3n) is 3.79. The fourth-order valence-electron chi connectivity index (χ4n) is 2.71. The number of amides is 1. The summed E-state index contributed by atoms with van der Waals surface area (Å²) in [6, 6.07) is 0. The Kier molecular flexibility index (Phi) is 5.62. The van der Waals surface area contributed by atoms with Crippen molar-refractivity contribution in [2.24, 2.45) is 17.2 Å². The van der Waals surface area contributed by atoms with Crippen LogP contribution >= 0.6 is 0 Å². The van der Waals surface area contributed by atoms with Gasteiger partial charge in [-0.15, -0.1) is 0 Å². The van der Waals surface area contributed by atoms with Crippen molar-refractivity contribution in [3.8, 4) is 0 Å². The Morgan fingerprint density at radius 3 is 2.32 bits per heavy atom. The molecule has 1 aliphatic rings. The predicted octanol–water partition coefficient (Wildman–Crippen LogP) is 2.60. The van der Waals surface area contributed by atoms with Crippen LogP contribution in [-0.2, 0) is 9.57 Å². The first-order chi connectivity index (χ1) is 8.77. The quantitative estimate of drug-likeness (QED) is 0.754. The van der Waals surface area contributed by atoms with Gasteiger partial charge in [-0.1, -0.05) is 19.8 Å². The van der Waals surface area contributed by atoms with Gasteiger partial charge in [-0.25, -0.2) is 10.7 Å². The fourth-order valence-corrected chi connectivity index (χ4v) is 2.71. The summed E-state index contributed by atoms with van der Waals surface area (Å²) in [4.78, 5) is 16.6. The van der Waals surface area contributed by atoms with E-state index in [1.165, 1.54) is 25.7 Å². The highest BCUT2D eigenvalue weighted by Gasteiger charge is 2.37. The Morgan fingerprint density at radius 1 is 1.26 bits per heavy atom. The van der Waals surface area contributed by atoms with Crippen molar-refractivity contribution >= 4 is 6.09 Å². The minimum atomic E-state index is -0.474. The van der Waals surface area contributed by atoms with E-state index in [4.69, 9.17) is 15.5 Å². The highest BCUT2D eigenvalue weighted by molar-refractivity contribution is 5.67. The zero-order valence-electron chi connectivity index (χ0n) is 12.6. The van der Waals surface area contributed by atoms with E-state index in [0.717, 1.165) is 0 Å². The molecule has 3 N–H and O–H groups in total. The molecule has 5 nitrogen and oxygen atoms in total. The van der Waals surface area contributed by atoms with Crippen LogP contribution in [0.4, 0.5) is 4.79 Å². The molecule has 1 unspecified atom stereocenters. The molecule has 112 valence electrons. The molecule has 1 fully saturated rings. The lowest BCUT2D eigenvalue weighted by atomic mass is 9.76. The third-order valence-corrected chi connectivity index (χ3v) is 3.79. The number of alkyl carbamates (subject to hydrolysis) is 1. The zero-order chi connectivity index (χ0) is 14.5. The number of ether oxygens (including phenoxy) is 1. The van der Waals surface area contributed by atoms with E-state index >= 15 is 0 Å². The molecule has 0 aromatic rings. The molecule has 1 atom stereocenters. The Hall–Kier alpha value is -0.810. The van der Waals surface area contributed by atoms with Crippen LogP contribution in [0.15, 0.2) is 0 Å². The molecule has 0 radical (unpaired) electrons. The summed E-state index contributed by atoms with van der Waals surface area (Å²) in [5.41, 5.74) is -0.597. The summed E-state index contributed by atoms with van der Waals surface area (Å²) in [6.45, 7) is 8.66. The van der Waals surface area contributed by atoms with Gasteiger partial charge in [-0.3, -0.25) is 0 Å². The van der Waals surface area contributed by atoms with Gasteiger partial charge in [0.05, 0.1) is 6.61 Å². The third kappa shape index (κ3) is 5.37. The van der Waals surface area contributed by atoms with Gasteiger partial charge < -0.3 is 14.9 Å². The van der Waals surface area contributed by atoms with Crippen molar-refractivity contribution in [3.05, 3.63) is 0 Å². The van der Waals surface area contributed by atoms with Gasteiger partial charge >= 0.3 is 6.09 Å². The second-order valence-electron chi connectivity index (χ2n) is 6.80. The van der Waals surface area contributed by atoms with Crippen LogP contribution < -0.4 is 11.2 Å². The molecule has 1 saturated carbocycles. The van der Waals surface area contributed by atoms with Crippen LogP contribution in [0, 0.1) is 11.3 Å². The van der Waals surface area contributed by atoms with Gasteiger partial charge in [-0.05, 0) is 39.5 Å². The van der Waals surface area contributed by atoms with Crippen LogP contribution in [0.3, 0.4) is 0 Å². The summed E-state index contributed by atoms with van der Waals surface area (Å²) >= 11 is 0. The largest absolute Gasteiger partial charge is 0.444 e. The molecule has 0 aliphatic heterocycles. The molecule has 0 spiro atoms. The van der Waals surface area contributed by atoms with E-state index in [-0.39, 0.29) is 11.5 Å². The fraction of sp³-hybridized carbons (Fsp3) is 0.929. The lowest BCUT2D eigenvalue weighted by Gasteiger charge is -2.35. The topological polar surface area (TPSA) is 73.6 Å². The Labute approximate surface area is 116 Å². The summed E-state index contributed by atoms with van der Waals surface area (Å²) in [5.74, 6) is 5.79. The van der Waals surface area contributed by atoms with Gasteiger partial charge in [0.15, 0.2) is 0 Å². The number of rotatable bonds is 5. The van der Waals surface area contributed by atoms with Crippen LogP contribution in [0.25, 0.3) is 0 Å². The number of nitrogens with two attached hydrogens (primary N) is 1. The normalized spacial score (nSPS) is 20.1. The lowest BCUT2D eigenvalue weighted by Crippen LogP contribution is -2.45. The van der Waals surface area contributed by atoms with Crippen molar-refractivity contribution in [2.75, 3.05) is 13.2 Å². The average Bonchev–Trinajstić information content (AvgIpc) is 2.78. The molecule has 19 heavy (non-hydrogen) atoms. The van der Waals surface area contributed by atoms with Crippen LogP contribution in [0.2, 0.25) is 0 Å². The van der Waals surface area contributed by atoms with E-state index in [2.05, 4.69) is 12.2 Å². The smallest absolute Gasteiger partial charge is 0.407 e. The highest BCUT2D eigenvalue weighted by Crippen LogP contribution is 2.39. The molecule has 1 rings (SSSR count). The highest BCUT2D eigenvalue weighted by atomic mass is 16.6. The SMILES string of the molecule is CC(C)(C)OC(=O)NCC(C)(CON)C1CCCC1. The maximum atomic E-state index is 11.7. The molecule has 0 aromatic carbocycles. The lowest BCUT2D eigenvalue weighted by molar-refractivity contribution is 0.0117. The first-order valence-electron chi connectivity index (χ1n) is 7.05. The van der Waals surface area contributed by atoms with E-state index in [0.29, 0.717) is 19.1 Å². The average molecular weight is 272 g/mol. The molecule has 0 heterocycles. The van der Waals surface area contributed by atoms with Crippen molar-refractivity contribution < 1.29 is 14.4 Å². The van der Waals surface area contributed by atoms with Gasteiger partial charge in [-0.2, -0.15) is 0 Å². The molecule has 0 aromatic heterocycles. The minimum absolute atomic E-state index is 0.123. The first-order valence-corrected chi connectivity index (χ1v) is 7.05. The van der Waals surface area contributed by atoms with Crippen molar-refractivity contribution in [3.63, 3.8) is 0 Å². The molecule has 5 heteroatoms. The van der Waals surface area contributed by atoms with Crippen molar-refractivity contribution in [1.82, 2.24) is 5.32 Å². The van der Waals surface area contributed by atoms with Gasteiger partial charge in [0.1, 0.15) is 5.60 Å². The van der Waals surface area contributed by atoms with Gasteiger partial charge in [0.2, 0.25) is 0 Å². The Morgan fingerprint density at radius 2 is 1.84 bits per heavy atom. The summed E-state index contributed by atoms with van der Waals surface area (Å²) in [5, 5.41) is 2.84. The molecular weight excluding hydrogens is 244 g/mol. The minimum Gasteiger partial charge on any atom is -0.444 e. The van der Waals surface area contributed by atoms with Gasteiger partial charge in [0, 0.05) is 12.0 Å². The number of hydrogen-bond acceptors (Lipinski definition) is 4. The number of carbonyl (C=O) groups excluding carboxylic acids is 1. The molecule has 0 bridgehead atoms. The monoisotopic (exact) mass is 272 g/mol. The van der Waals surface area contributed by atoms with Crippen molar-refractivity contribution in [1.29, 1.82) is 0 Å². The molecule has 1 aliphatic carbocycles. The number of hydrogen-bond donors (Lipinski definition) is 2. The standard InChI is InChI=1S/C14H28N2O3/c1-13(2,3)19-12(17)16-9-14(4,10-18-15)11-7-5-6-8-11/h11H,5-10,15H2,1-4H3,(H,16,17). The second-order valence-corrected chi connectivity index (χ2v) is 6.80. The number of nitrogens with one attached hydrogen (secondary N) is 1. The Bertz CT molecular complexity index is 296. The predicted molar refractivity (Wildman–Crippen MR) is 74.4 cm³/mol. The van der Waals surface area contributed by atoms with E-state index in [1.807, 2.05) is 20.8 Å². The second kappa shape index (κ2) is 6.57. The summed E-state index contributed by atoms with van der Waals surface area (Å²) in [6.07, 6.45) is 4.47. The number of carbonyl (C=O) groups is 1. The molecule has 1 amide bonds. The van der Waals surface area contributed by atoms with Gasteiger partial charge in [0.25, 0.3) is 0 Å². The van der Waals surface area contributed by atoms with Crippen molar-refractivity contribution in [2.45, 2.75) is 59.0 Å². The zero-order valence-corrected chi connectivity index (χ0v) is 12.6. The van der Waals surface area contributed by atoms with E-state index < -0.39 is 5.60 Å². The van der Waals surface area contributed by atoms with E-state index in [1.54, 1.807) is 0 Å². The van der Waals surface area contributed by atoms with Crippen LogP contribution in [0.5, 0.6) is 0 Å². The maximum Gasteiger partial charge on any atom is 0.407 e. The van der Waals surface area contributed by atoms with Crippen LogP contribution in [-0.4, -0.2) is 24.8 Å². The first kappa shape index (κ1) is 16.2. The summed E-state index contributed by atoms with van der Waals surface area (Å²) < 4.78 is 5.25. The Balaban J connectivity index is 2.51. The molecular formula is C14H28N2O3. The summed E-state index contributed by atoms with van der Waals surface area (Å²) in [7, 11) is 0. The maximum absolute atomic E-state index is 11.7. The molecule has 0 saturated heterocycles. The van der Waals surface area contributed by atoms with Crippen LogP contribution in [0.1, 0.15) is 53.4 Å². The van der Waals surface area contributed by atoms with E-state index in [9.17, 15) is 4.79 Å².